The quantitative estimate of drug-likeness (QED) is 0.909. The van der Waals surface area contributed by atoms with Gasteiger partial charge in [0.2, 0.25) is 0 Å². The topological polar surface area (TPSA) is 43.3 Å². The van der Waals surface area contributed by atoms with Crippen LogP contribution in [0.1, 0.15) is 37.8 Å². The normalized spacial score (nSPS) is 19.8. The van der Waals surface area contributed by atoms with E-state index in [1.54, 1.807) is 11.3 Å². The maximum absolute atomic E-state index is 6.02. The first kappa shape index (κ1) is 11.2. The van der Waals surface area contributed by atoms with Crippen molar-refractivity contribution in [3.63, 3.8) is 0 Å². The number of imidazole rings is 1. The zero-order valence-corrected chi connectivity index (χ0v) is 10.9. The van der Waals surface area contributed by atoms with Gasteiger partial charge in [-0.2, -0.15) is 0 Å². The molecule has 1 aliphatic rings. The summed E-state index contributed by atoms with van der Waals surface area (Å²) in [7, 11) is 0. The summed E-state index contributed by atoms with van der Waals surface area (Å²) in [4.78, 5) is 5.79. The Morgan fingerprint density at radius 3 is 2.88 bits per heavy atom. The lowest BCUT2D eigenvalue weighted by atomic mass is 9.71. The number of aromatic nitrogens is 2. The van der Waals surface area contributed by atoms with Crippen LogP contribution >= 0.6 is 11.3 Å². The average Bonchev–Trinajstić information content (AvgIpc) is 2.91. The van der Waals surface area contributed by atoms with E-state index in [0.29, 0.717) is 5.41 Å². The minimum atomic E-state index is 0.322. The second-order valence-electron chi connectivity index (χ2n) is 5.27. The van der Waals surface area contributed by atoms with Gasteiger partial charge in [0, 0.05) is 17.8 Å². The van der Waals surface area contributed by atoms with Gasteiger partial charge in [0.05, 0.1) is 5.69 Å². The maximum Gasteiger partial charge on any atom is 0.193 e. The van der Waals surface area contributed by atoms with Crippen molar-refractivity contribution in [1.29, 1.82) is 0 Å². The van der Waals surface area contributed by atoms with Crippen LogP contribution in [0.4, 0.5) is 0 Å². The van der Waals surface area contributed by atoms with Crippen molar-refractivity contribution in [1.82, 2.24) is 9.38 Å². The fourth-order valence-electron chi connectivity index (χ4n) is 3.00. The van der Waals surface area contributed by atoms with Crippen LogP contribution in [0, 0.1) is 5.41 Å². The molecule has 17 heavy (non-hydrogen) atoms. The molecule has 2 heterocycles. The van der Waals surface area contributed by atoms with Gasteiger partial charge in [0.1, 0.15) is 0 Å². The summed E-state index contributed by atoms with van der Waals surface area (Å²) in [5.74, 6) is 0. The molecular formula is C13H19N3S. The van der Waals surface area contributed by atoms with E-state index < -0.39 is 0 Å². The number of nitrogens with zero attached hydrogens (tertiary/aromatic N) is 2. The van der Waals surface area contributed by atoms with Crippen molar-refractivity contribution < 1.29 is 0 Å². The fourth-order valence-corrected chi connectivity index (χ4v) is 3.72. The van der Waals surface area contributed by atoms with Crippen LogP contribution in [0.15, 0.2) is 17.8 Å². The van der Waals surface area contributed by atoms with Crippen molar-refractivity contribution in [2.24, 2.45) is 11.1 Å². The number of nitrogens with two attached hydrogens (primary N) is 1. The molecular weight excluding hydrogens is 230 g/mol. The molecule has 0 radical (unpaired) electrons. The third-order valence-corrected chi connectivity index (χ3v) is 4.82. The van der Waals surface area contributed by atoms with Gasteiger partial charge in [-0.1, -0.05) is 19.3 Å². The summed E-state index contributed by atoms with van der Waals surface area (Å²) < 4.78 is 2.12. The van der Waals surface area contributed by atoms with E-state index in [2.05, 4.69) is 27.2 Å². The van der Waals surface area contributed by atoms with E-state index in [-0.39, 0.29) is 0 Å². The molecule has 1 aliphatic carbocycles. The van der Waals surface area contributed by atoms with Gasteiger partial charge >= 0.3 is 0 Å². The predicted molar refractivity (Wildman–Crippen MR) is 71.3 cm³/mol. The Morgan fingerprint density at radius 1 is 1.35 bits per heavy atom. The van der Waals surface area contributed by atoms with E-state index >= 15 is 0 Å². The maximum atomic E-state index is 6.02. The van der Waals surface area contributed by atoms with E-state index in [1.807, 2.05) is 0 Å². The highest BCUT2D eigenvalue weighted by atomic mass is 32.1. The first-order chi connectivity index (χ1) is 8.31. The van der Waals surface area contributed by atoms with Gasteiger partial charge in [0.15, 0.2) is 4.96 Å². The van der Waals surface area contributed by atoms with Gasteiger partial charge < -0.3 is 5.73 Å². The molecule has 2 aromatic heterocycles. The molecule has 0 unspecified atom stereocenters. The molecule has 3 nitrogen and oxygen atoms in total. The lowest BCUT2D eigenvalue weighted by Gasteiger charge is -2.35. The predicted octanol–water partition coefficient (Wildman–Crippen LogP) is 2.85. The summed E-state index contributed by atoms with van der Waals surface area (Å²) in [5.41, 5.74) is 7.56. The van der Waals surface area contributed by atoms with E-state index in [4.69, 9.17) is 5.73 Å². The van der Waals surface area contributed by atoms with Crippen LogP contribution in [0.25, 0.3) is 4.96 Å². The molecule has 0 spiro atoms. The number of hydrogen-bond donors (Lipinski definition) is 1. The number of fused-ring (bicyclic) bond motifs is 1. The number of thiazole rings is 1. The van der Waals surface area contributed by atoms with Gasteiger partial charge in [-0.05, 0) is 31.2 Å². The van der Waals surface area contributed by atoms with Crippen molar-refractivity contribution in [3.8, 4) is 0 Å². The molecule has 0 atom stereocenters. The molecule has 2 aromatic rings. The highest BCUT2D eigenvalue weighted by Crippen LogP contribution is 2.38. The molecule has 1 fully saturated rings. The molecule has 0 saturated heterocycles. The Labute approximate surface area is 106 Å². The van der Waals surface area contributed by atoms with Crippen molar-refractivity contribution >= 4 is 16.3 Å². The molecule has 4 heteroatoms. The highest BCUT2D eigenvalue weighted by molar-refractivity contribution is 7.15. The van der Waals surface area contributed by atoms with Crippen LogP contribution in [-0.4, -0.2) is 15.9 Å². The van der Waals surface area contributed by atoms with Crippen LogP contribution in [0.5, 0.6) is 0 Å². The van der Waals surface area contributed by atoms with Crippen LogP contribution in [-0.2, 0) is 6.42 Å². The average molecular weight is 249 g/mol. The Kier molecular flexibility index (Phi) is 2.92. The Morgan fingerprint density at radius 2 is 2.18 bits per heavy atom. The molecule has 92 valence electrons. The molecule has 2 N–H and O–H groups in total. The van der Waals surface area contributed by atoms with E-state index in [9.17, 15) is 0 Å². The first-order valence-corrected chi connectivity index (χ1v) is 7.30. The Bertz CT molecular complexity index is 465. The van der Waals surface area contributed by atoms with Gasteiger partial charge in [0.25, 0.3) is 0 Å². The van der Waals surface area contributed by atoms with Gasteiger partial charge in [-0.3, -0.25) is 4.40 Å². The molecule has 0 aliphatic heterocycles. The number of rotatable bonds is 3. The van der Waals surface area contributed by atoms with E-state index in [1.165, 1.54) is 37.8 Å². The standard InChI is InChI=1S/C13H19N3S/c14-10-13(4-2-1-3-5-13)8-11-9-16-6-7-17-12(16)15-11/h6-7,9H,1-5,8,10,14H2. The monoisotopic (exact) mass is 249 g/mol. The van der Waals surface area contributed by atoms with Crippen LogP contribution in [0.3, 0.4) is 0 Å². The second kappa shape index (κ2) is 4.42. The van der Waals surface area contributed by atoms with Crippen LogP contribution < -0.4 is 5.73 Å². The van der Waals surface area contributed by atoms with Crippen molar-refractivity contribution in [3.05, 3.63) is 23.5 Å². The third-order valence-electron chi connectivity index (χ3n) is 4.05. The summed E-state index contributed by atoms with van der Waals surface area (Å²) in [6, 6.07) is 0. The Hall–Kier alpha value is -0.870. The summed E-state index contributed by atoms with van der Waals surface area (Å²) in [5, 5.41) is 2.07. The van der Waals surface area contributed by atoms with Crippen molar-refractivity contribution in [2.75, 3.05) is 6.54 Å². The van der Waals surface area contributed by atoms with Gasteiger partial charge in [-0.15, -0.1) is 11.3 Å². The minimum absolute atomic E-state index is 0.322. The highest BCUT2D eigenvalue weighted by Gasteiger charge is 2.31. The van der Waals surface area contributed by atoms with Crippen molar-refractivity contribution in [2.45, 2.75) is 38.5 Å². The summed E-state index contributed by atoms with van der Waals surface area (Å²) in [6.07, 6.45) is 11.9. The lowest BCUT2D eigenvalue weighted by molar-refractivity contribution is 0.196. The SMILES string of the molecule is NCC1(Cc2cn3ccsc3n2)CCCCC1. The fraction of sp³-hybridized carbons (Fsp3) is 0.615. The number of hydrogen-bond acceptors (Lipinski definition) is 3. The summed E-state index contributed by atoms with van der Waals surface area (Å²) >= 11 is 1.70. The Balaban J connectivity index is 1.82. The molecule has 0 amide bonds. The smallest absolute Gasteiger partial charge is 0.193 e. The molecule has 3 rings (SSSR count). The zero-order valence-electron chi connectivity index (χ0n) is 10.1. The molecule has 0 aromatic carbocycles. The van der Waals surface area contributed by atoms with E-state index in [0.717, 1.165) is 17.9 Å². The molecule has 0 bridgehead atoms. The summed E-state index contributed by atoms with van der Waals surface area (Å²) in [6.45, 7) is 0.804. The third kappa shape index (κ3) is 2.11. The second-order valence-corrected chi connectivity index (χ2v) is 6.14. The zero-order chi connectivity index (χ0) is 11.7. The van der Waals surface area contributed by atoms with Gasteiger partial charge in [-0.25, -0.2) is 4.98 Å². The molecule has 1 saturated carbocycles. The van der Waals surface area contributed by atoms with Crippen LogP contribution in [0.2, 0.25) is 0 Å². The first-order valence-electron chi connectivity index (χ1n) is 6.43. The largest absolute Gasteiger partial charge is 0.330 e. The minimum Gasteiger partial charge on any atom is -0.330 e. The lowest BCUT2D eigenvalue weighted by Crippen LogP contribution is -2.35.